The van der Waals surface area contributed by atoms with Gasteiger partial charge in [-0.25, -0.2) is 9.79 Å². The molecule has 64 valence electrons. The number of nitrogens with zero attached hydrogens (tertiary/aromatic N) is 1. The molecule has 0 aromatic rings. The number of rotatable bonds is 4. The van der Waals surface area contributed by atoms with Crippen LogP contribution in [0.2, 0.25) is 0 Å². The summed E-state index contributed by atoms with van der Waals surface area (Å²) in [5.41, 5.74) is -0.356. The number of ether oxygens (including phenoxy) is 1. The Balaban J connectivity index is 3.88. The van der Waals surface area contributed by atoms with E-state index >= 15 is 0 Å². The quantitative estimate of drug-likeness (QED) is 0.458. The summed E-state index contributed by atoms with van der Waals surface area (Å²) in [6, 6.07) is 0. The van der Waals surface area contributed by atoms with Crippen LogP contribution in [0.5, 0.6) is 0 Å². The summed E-state index contributed by atoms with van der Waals surface area (Å²) in [7, 11) is 0. The summed E-state index contributed by atoms with van der Waals surface area (Å²) >= 11 is 0. The first-order chi connectivity index (χ1) is 4.98. The molecule has 0 amide bonds. The highest BCUT2D eigenvalue weighted by atomic mass is 16.5. The second kappa shape index (κ2) is 4.27. The van der Waals surface area contributed by atoms with Gasteiger partial charge in [-0.05, 0) is 27.7 Å². The fourth-order valence-electron chi connectivity index (χ4n) is 0.898. The van der Waals surface area contributed by atoms with Gasteiger partial charge in [0, 0.05) is 0 Å². The van der Waals surface area contributed by atoms with Crippen LogP contribution in [0.25, 0.3) is 0 Å². The molecular weight excluding hydrogens is 142 g/mol. The average molecular weight is 157 g/mol. The number of aliphatic imine (C=N–C) groups is 1. The molecule has 0 aliphatic carbocycles. The zero-order chi connectivity index (χ0) is 8.91. The van der Waals surface area contributed by atoms with E-state index in [0.717, 1.165) is 0 Å². The van der Waals surface area contributed by atoms with Gasteiger partial charge in [0.15, 0.2) is 0 Å². The Hall–Kier alpha value is -0.660. The first-order valence-electron chi connectivity index (χ1n) is 3.69. The molecule has 0 saturated carbocycles. The summed E-state index contributed by atoms with van der Waals surface area (Å²) in [4.78, 5) is 13.3. The molecule has 0 heterocycles. The van der Waals surface area contributed by atoms with E-state index in [2.05, 4.69) is 4.99 Å². The molecule has 3 heteroatoms. The summed E-state index contributed by atoms with van der Waals surface area (Å²) in [6.45, 7) is 8.06. The summed E-state index contributed by atoms with van der Waals surface area (Å²) < 4.78 is 5.47. The SMILES string of the molecule is CC(C)OC(C)(C)CN=C=O. The lowest BCUT2D eigenvalue weighted by Crippen LogP contribution is -2.31. The number of carbonyl (C=O) groups excluding carboxylic acids is 1. The zero-order valence-corrected chi connectivity index (χ0v) is 7.55. The number of hydrogen-bond acceptors (Lipinski definition) is 3. The summed E-state index contributed by atoms with van der Waals surface area (Å²) in [5.74, 6) is 0. The molecule has 11 heavy (non-hydrogen) atoms. The predicted octanol–water partition coefficient (Wildman–Crippen LogP) is 1.53. The molecule has 0 N–H and O–H groups in total. The van der Waals surface area contributed by atoms with E-state index in [1.807, 2.05) is 27.7 Å². The zero-order valence-electron chi connectivity index (χ0n) is 7.55. The third-order valence-corrected chi connectivity index (χ3v) is 1.08. The van der Waals surface area contributed by atoms with Gasteiger partial charge >= 0.3 is 0 Å². The van der Waals surface area contributed by atoms with E-state index in [1.165, 1.54) is 6.08 Å². The second-order valence-corrected chi connectivity index (χ2v) is 3.33. The van der Waals surface area contributed by atoms with Crippen molar-refractivity contribution in [1.82, 2.24) is 0 Å². The minimum absolute atomic E-state index is 0.159. The lowest BCUT2D eigenvalue weighted by molar-refractivity contribution is -0.0484. The highest BCUT2D eigenvalue weighted by Crippen LogP contribution is 2.11. The molecular formula is C8H15NO2. The van der Waals surface area contributed by atoms with Crippen molar-refractivity contribution in [2.24, 2.45) is 4.99 Å². The van der Waals surface area contributed by atoms with Gasteiger partial charge in [0.1, 0.15) is 0 Å². The molecule has 0 rings (SSSR count). The largest absolute Gasteiger partial charge is 0.371 e. The van der Waals surface area contributed by atoms with Gasteiger partial charge in [-0.2, -0.15) is 0 Å². The first kappa shape index (κ1) is 10.3. The molecule has 0 bridgehead atoms. The van der Waals surface area contributed by atoms with Crippen molar-refractivity contribution in [2.45, 2.75) is 39.4 Å². The molecule has 0 fully saturated rings. The third-order valence-electron chi connectivity index (χ3n) is 1.08. The van der Waals surface area contributed by atoms with Crippen LogP contribution >= 0.6 is 0 Å². The molecule has 0 aromatic heterocycles. The Labute approximate surface area is 67.5 Å². The lowest BCUT2D eigenvalue weighted by atomic mass is 10.1. The smallest absolute Gasteiger partial charge is 0.235 e. The molecule has 3 nitrogen and oxygen atoms in total. The molecule has 0 aromatic carbocycles. The van der Waals surface area contributed by atoms with E-state index in [-0.39, 0.29) is 11.7 Å². The van der Waals surface area contributed by atoms with Crippen LogP contribution in [0.3, 0.4) is 0 Å². The van der Waals surface area contributed by atoms with Crippen LogP contribution in [0.15, 0.2) is 4.99 Å². The van der Waals surface area contributed by atoms with Gasteiger partial charge in [-0.1, -0.05) is 0 Å². The maximum absolute atomic E-state index is 9.79. The van der Waals surface area contributed by atoms with Crippen LogP contribution in [-0.2, 0) is 9.53 Å². The summed E-state index contributed by atoms with van der Waals surface area (Å²) in [6.07, 6.45) is 1.65. The van der Waals surface area contributed by atoms with Crippen molar-refractivity contribution in [1.29, 1.82) is 0 Å². The van der Waals surface area contributed by atoms with Crippen molar-refractivity contribution in [2.75, 3.05) is 6.54 Å². The van der Waals surface area contributed by atoms with E-state index in [0.29, 0.717) is 6.54 Å². The molecule has 0 aliphatic heterocycles. The maximum Gasteiger partial charge on any atom is 0.235 e. The number of isocyanates is 1. The van der Waals surface area contributed by atoms with Gasteiger partial charge in [0.2, 0.25) is 6.08 Å². The van der Waals surface area contributed by atoms with Crippen molar-refractivity contribution in [3.63, 3.8) is 0 Å². The highest BCUT2D eigenvalue weighted by Gasteiger charge is 2.18. The fraction of sp³-hybridized carbons (Fsp3) is 0.875. The van der Waals surface area contributed by atoms with Crippen LogP contribution in [-0.4, -0.2) is 24.3 Å². The normalized spacial score (nSPS) is 11.4. The monoisotopic (exact) mass is 157 g/mol. The first-order valence-corrected chi connectivity index (χ1v) is 3.69. The standard InChI is InChI=1S/C8H15NO2/c1-7(2)11-8(3,4)5-9-6-10/h7H,5H2,1-4H3. The molecule has 0 radical (unpaired) electrons. The van der Waals surface area contributed by atoms with Crippen LogP contribution < -0.4 is 0 Å². The van der Waals surface area contributed by atoms with Gasteiger partial charge in [-0.3, -0.25) is 0 Å². The van der Waals surface area contributed by atoms with Gasteiger partial charge in [-0.15, -0.1) is 0 Å². The van der Waals surface area contributed by atoms with Crippen molar-refractivity contribution < 1.29 is 9.53 Å². The number of hydrogen-bond donors (Lipinski definition) is 0. The molecule has 0 unspecified atom stereocenters. The Kier molecular flexibility index (Phi) is 4.01. The van der Waals surface area contributed by atoms with Gasteiger partial charge < -0.3 is 4.74 Å². The third kappa shape index (κ3) is 5.77. The van der Waals surface area contributed by atoms with E-state index in [1.54, 1.807) is 0 Å². The maximum atomic E-state index is 9.79. The molecule has 0 spiro atoms. The van der Waals surface area contributed by atoms with Crippen molar-refractivity contribution in [3.8, 4) is 0 Å². The second-order valence-electron chi connectivity index (χ2n) is 3.33. The van der Waals surface area contributed by atoms with Crippen LogP contribution in [0.1, 0.15) is 27.7 Å². The Bertz CT molecular complexity index is 157. The molecule has 0 atom stereocenters. The molecule has 0 saturated heterocycles. The Morgan fingerprint density at radius 2 is 2.09 bits per heavy atom. The minimum Gasteiger partial charge on any atom is -0.371 e. The average Bonchev–Trinajstić information content (AvgIpc) is 1.81. The Morgan fingerprint density at radius 1 is 1.55 bits per heavy atom. The minimum atomic E-state index is -0.356. The van der Waals surface area contributed by atoms with E-state index < -0.39 is 0 Å². The highest BCUT2D eigenvalue weighted by molar-refractivity contribution is 5.33. The molecule has 0 aliphatic rings. The Morgan fingerprint density at radius 3 is 2.45 bits per heavy atom. The topological polar surface area (TPSA) is 38.7 Å². The van der Waals surface area contributed by atoms with Crippen molar-refractivity contribution >= 4 is 6.08 Å². The fourth-order valence-corrected chi connectivity index (χ4v) is 0.898. The lowest BCUT2D eigenvalue weighted by Gasteiger charge is -2.25. The van der Waals surface area contributed by atoms with E-state index in [9.17, 15) is 4.79 Å². The van der Waals surface area contributed by atoms with E-state index in [4.69, 9.17) is 4.74 Å². The van der Waals surface area contributed by atoms with Gasteiger partial charge in [0.05, 0.1) is 18.2 Å². The van der Waals surface area contributed by atoms with Crippen LogP contribution in [0.4, 0.5) is 0 Å². The summed E-state index contributed by atoms with van der Waals surface area (Å²) in [5, 5.41) is 0. The van der Waals surface area contributed by atoms with Gasteiger partial charge in [0.25, 0.3) is 0 Å². The van der Waals surface area contributed by atoms with Crippen LogP contribution in [0, 0.1) is 0 Å². The van der Waals surface area contributed by atoms with Crippen molar-refractivity contribution in [3.05, 3.63) is 0 Å². The predicted molar refractivity (Wildman–Crippen MR) is 43.3 cm³/mol.